The summed E-state index contributed by atoms with van der Waals surface area (Å²) in [5.41, 5.74) is 1.49. The maximum Gasteiger partial charge on any atom is 0.336 e. The summed E-state index contributed by atoms with van der Waals surface area (Å²) in [6, 6.07) is 0. The van der Waals surface area contributed by atoms with Crippen molar-refractivity contribution in [1.82, 2.24) is 0 Å². The zero-order valence-electron chi connectivity index (χ0n) is 18.7. The van der Waals surface area contributed by atoms with E-state index < -0.39 is 55.0 Å². The monoisotopic (exact) mass is 450 g/mol. The highest BCUT2D eigenvalue weighted by Crippen LogP contribution is 2.36. The van der Waals surface area contributed by atoms with Gasteiger partial charge in [0.1, 0.15) is 18.3 Å². The molecule has 1 aliphatic carbocycles. The molecule has 0 spiro atoms. The Morgan fingerprint density at radius 3 is 2.62 bits per heavy atom. The topological polar surface area (TPSA) is 129 Å². The van der Waals surface area contributed by atoms with Gasteiger partial charge in [0.2, 0.25) is 0 Å². The molecular formula is C23H30O9. The van der Waals surface area contributed by atoms with Crippen LogP contribution in [0, 0.1) is 5.92 Å². The van der Waals surface area contributed by atoms with Crippen LogP contribution in [0.15, 0.2) is 47.1 Å². The Kier molecular flexibility index (Phi) is 8.94. The van der Waals surface area contributed by atoms with Gasteiger partial charge in [0, 0.05) is 32.4 Å². The molecule has 1 saturated heterocycles. The summed E-state index contributed by atoms with van der Waals surface area (Å²) in [6.45, 7) is 8.08. The minimum absolute atomic E-state index is 0.153. The molecule has 176 valence electrons. The fourth-order valence-corrected chi connectivity index (χ4v) is 3.66. The molecule has 0 aromatic heterocycles. The van der Waals surface area contributed by atoms with E-state index in [0.29, 0.717) is 12.0 Å². The molecule has 2 N–H and O–H groups in total. The molecular weight excluding hydrogens is 420 g/mol. The highest BCUT2D eigenvalue weighted by molar-refractivity contribution is 5.92. The van der Waals surface area contributed by atoms with E-state index in [1.165, 1.54) is 14.0 Å². The molecule has 9 heteroatoms. The second-order valence-corrected chi connectivity index (χ2v) is 7.84. The first-order chi connectivity index (χ1) is 15.1. The Morgan fingerprint density at radius 2 is 2.03 bits per heavy atom. The summed E-state index contributed by atoms with van der Waals surface area (Å²) < 4.78 is 21.2. The van der Waals surface area contributed by atoms with E-state index in [0.717, 1.165) is 11.6 Å². The summed E-state index contributed by atoms with van der Waals surface area (Å²) in [6.07, 6.45) is 1.75. The van der Waals surface area contributed by atoms with Crippen molar-refractivity contribution < 1.29 is 43.5 Å². The normalized spacial score (nSPS) is 27.5. The lowest BCUT2D eigenvalue weighted by Gasteiger charge is -2.28. The predicted molar refractivity (Wildman–Crippen MR) is 113 cm³/mol. The van der Waals surface area contributed by atoms with Crippen molar-refractivity contribution in [1.29, 1.82) is 0 Å². The van der Waals surface area contributed by atoms with Crippen LogP contribution in [0.25, 0.3) is 0 Å². The van der Waals surface area contributed by atoms with Gasteiger partial charge in [-0.25, -0.2) is 9.59 Å². The molecule has 1 aliphatic heterocycles. The van der Waals surface area contributed by atoms with Crippen molar-refractivity contribution in [2.24, 2.45) is 5.92 Å². The van der Waals surface area contributed by atoms with Gasteiger partial charge in [-0.1, -0.05) is 18.2 Å². The van der Waals surface area contributed by atoms with Gasteiger partial charge in [-0.3, -0.25) is 4.79 Å². The molecule has 0 saturated carbocycles. The number of esters is 3. The summed E-state index contributed by atoms with van der Waals surface area (Å²) in [5, 5.41) is 19.1. The standard InChI is InChI=1S/C23H30O9/c1-12-6-7-17(30-15(4)25)13(2)9-19-21(14(3)22(27)31-19)18(8-12)32-23(28)16(11-24)10-20(26)29-5/h6,9-10,17-21,24,26H,3,7-8,11H2,1-2,4-5H3. The third kappa shape index (κ3) is 6.38. The van der Waals surface area contributed by atoms with Crippen molar-refractivity contribution in [3.63, 3.8) is 0 Å². The Balaban J connectivity index is 2.41. The molecule has 0 aromatic rings. The average Bonchev–Trinajstić information content (AvgIpc) is 3.00. The maximum absolute atomic E-state index is 12.7. The average molecular weight is 450 g/mol. The first kappa shape index (κ1) is 25.5. The van der Waals surface area contributed by atoms with Crippen LogP contribution < -0.4 is 0 Å². The van der Waals surface area contributed by atoms with Crippen LogP contribution in [0.5, 0.6) is 0 Å². The smallest absolute Gasteiger partial charge is 0.336 e. The van der Waals surface area contributed by atoms with Crippen LogP contribution >= 0.6 is 0 Å². The largest absolute Gasteiger partial charge is 0.458 e. The molecule has 0 amide bonds. The van der Waals surface area contributed by atoms with Crippen LogP contribution in [-0.2, 0) is 33.3 Å². The molecule has 2 aliphatic rings. The number of rotatable bonds is 6. The van der Waals surface area contributed by atoms with Crippen LogP contribution in [0.1, 0.15) is 33.6 Å². The molecule has 0 aromatic carbocycles. The number of carbonyl (C=O) groups is 3. The van der Waals surface area contributed by atoms with E-state index in [-0.39, 0.29) is 17.6 Å². The number of carbonyl (C=O) groups excluding carboxylic acids is 3. The maximum atomic E-state index is 12.7. The predicted octanol–water partition coefficient (Wildman–Crippen LogP) is 1.50. The minimum atomic E-state index is -1.39. The van der Waals surface area contributed by atoms with Gasteiger partial charge in [0.25, 0.3) is 0 Å². The van der Waals surface area contributed by atoms with E-state index >= 15 is 0 Å². The zero-order chi connectivity index (χ0) is 24.0. The number of methoxy groups -OCH3 is 1. The number of hydrogen-bond donors (Lipinski definition) is 2. The third-order valence-electron chi connectivity index (χ3n) is 5.39. The van der Waals surface area contributed by atoms with Crippen molar-refractivity contribution in [2.75, 3.05) is 13.7 Å². The first-order valence-corrected chi connectivity index (χ1v) is 10.2. The fraction of sp³-hybridized carbons (Fsp3) is 0.522. The SMILES string of the molecule is C=C1C(=O)OC2C=C(C)C(OC(C)=O)CC=C(C)CC(OC(=O)C(=CC(O)OC)CO)C12. The lowest BCUT2D eigenvalue weighted by atomic mass is 9.85. The molecule has 0 radical (unpaired) electrons. The first-order valence-electron chi connectivity index (χ1n) is 10.2. The number of aliphatic hydroxyl groups excluding tert-OH is 2. The Morgan fingerprint density at radius 1 is 1.34 bits per heavy atom. The molecule has 1 heterocycles. The molecule has 5 unspecified atom stereocenters. The van der Waals surface area contributed by atoms with Gasteiger partial charge >= 0.3 is 17.9 Å². The summed E-state index contributed by atoms with van der Waals surface area (Å²) >= 11 is 0. The van der Waals surface area contributed by atoms with E-state index in [2.05, 4.69) is 11.3 Å². The second-order valence-electron chi connectivity index (χ2n) is 7.84. The van der Waals surface area contributed by atoms with E-state index in [1.54, 1.807) is 13.0 Å². The van der Waals surface area contributed by atoms with Crippen LogP contribution in [0.3, 0.4) is 0 Å². The summed E-state index contributed by atoms with van der Waals surface area (Å²) in [7, 11) is 1.24. The van der Waals surface area contributed by atoms with Crippen molar-refractivity contribution in [3.05, 3.63) is 47.1 Å². The van der Waals surface area contributed by atoms with E-state index in [1.807, 2.05) is 13.0 Å². The highest BCUT2D eigenvalue weighted by atomic mass is 16.6. The molecule has 2 rings (SSSR count). The lowest BCUT2D eigenvalue weighted by Crippen LogP contribution is -2.35. The molecule has 5 atom stereocenters. The van der Waals surface area contributed by atoms with E-state index in [9.17, 15) is 24.6 Å². The zero-order valence-corrected chi connectivity index (χ0v) is 18.7. The second kappa shape index (κ2) is 11.2. The van der Waals surface area contributed by atoms with Crippen molar-refractivity contribution >= 4 is 17.9 Å². The van der Waals surface area contributed by atoms with Gasteiger partial charge in [-0.15, -0.1) is 0 Å². The third-order valence-corrected chi connectivity index (χ3v) is 5.39. The molecule has 32 heavy (non-hydrogen) atoms. The van der Waals surface area contributed by atoms with Gasteiger partial charge < -0.3 is 29.2 Å². The fourth-order valence-electron chi connectivity index (χ4n) is 3.66. The van der Waals surface area contributed by atoms with Crippen LogP contribution in [0.2, 0.25) is 0 Å². The quantitative estimate of drug-likeness (QED) is 0.203. The number of fused-ring (bicyclic) bond motifs is 1. The summed E-state index contributed by atoms with van der Waals surface area (Å²) in [4.78, 5) is 36.5. The molecule has 1 fully saturated rings. The lowest BCUT2D eigenvalue weighted by molar-refractivity contribution is -0.148. The van der Waals surface area contributed by atoms with Crippen molar-refractivity contribution in [2.45, 2.75) is 58.2 Å². The molecule has 0 bridgehead atoms. The van der Waals surface area contributed by atoms with Crippen molar-refractivity contribution in [3.8, 4) is 0 Å². The van der Waals surface area contributed by atoms with Gasteiger partial charge in [0.15, 0.2) is 6.29 Å². The molecule has 9 nitrogen and oxygen atoms in total. The van der Waals surface area contributed by atoms with Crippen LogP contribution in [0.4, 0.5) is 0 Å². The number of ether oxygens (including phenoxy) is 4. The van der Waals surface area contributed by atoms with Gasteiger partial charge in [-0.2, -0.15) is 0 Å². The van der Waals surface area contributed by atoms with E-state index in [4.69, 9.17) is 14.2 Å². The van der Waals surface area contributed by atoms with Gasteiger partial charge in [-0.05, 0) is 31.6 Å². The number of aliphatic hydroxyl groups is 2. The Bertz CT molecular complexity index is 852. The number of hydrogen-bond acceptors (Lipinski definition) is 9. The highest BCUT2D eigenvalue weighted by Gasteiger charge is 2.45. The van der Waals surface area contributed by atoms with Gasteiger partial charge in [0.05, 0.1) is 18.1 Å². The summed E-state index contributed by atoms with van der Waals surface area (Å²) in [5.74, 6) is -2.58. The Hall–Kier alpha value is -2.75. The van der Waals surface area contributed by atoms with Crippen LogP contribution in [-0.4, -0.2) is 66.4 Å². The minimum Gasteiger partial charge on any atom is -0.458 e. The Labute approximate surface area is 187 Å².